The fourth-order valence-corrected chi connectivity index (χ4v) is 2.61. The molecule has 4 N–H and O–H groups in total. The molecule has 6 nitrogen and oxygen atoms in total. The van der Waals surface area contributed by atoms with Gasteiger partial charge in [-0.3, -0.25) is 9.59 Å². The third kappa shape index (κ3) is 5.00. The SMILES string of the molecule is CC(C)[C@H](N)C(=O)NCC(=O)NC1CCOc2c(Cl)cccc21.Cl. The van der Waals surface area contributed by atoms with E-state index in [2.05, 4.69) is 10.6 Å². The van der Waals surface area contributed by atoms with Crippen molar-refractivity contribution in [3.8, 4) is 5.75 Å². The van der Waals surface area contributed by atoms with Crippen molar-refractivity contribution in [1.29, 1.82) is 0 Å². The van der Waals surface area contributed by atoms with E-state index in [0.29, 0.717) is 23.8 Å². The topological polar surface area (TPSA) is 93.5 Å². The molecule has 0 radical (unpaired) electrons. The van der Waals surface area contributed by atoms with E-state index in [4.69, 9.17) is 22.1 Å². The molecular formula is C16H23Cl2N3O3. The van der Waals surface area contributed by atoms with Crippen molar-refractivity contribution in [2.45, 2.75) is 32.4 Å². The second-order valence-electron chi connectivity index (χ2n) is 5.90. The lowest BCUT2D eigenvalue weighted by molar-refractivity contribution is -0.127. The van der Waals surface area contributed by atoms with Gasteiger partial charge in [-0.05, 0) is 12.0 Å². The monoisotopic (exact) mass is 375 g/mol. The lowest BCUT2D eigenvalue weighted by atomic mass is 10.0. The Kier molecular flexibility index (Phi) is 7.79. The van der Waals surface area contributed by atoms with E-state index < -0.39 is 6.04 Å². The zero-order chi connectivity index (χ0) is 17.0. The van der Waals surface area contributed by atoms with Gasteiger partial charge in [-0.2, -0.15) is 0 Å². The number of carbonyl (C=O) groups is 2. The number of nitrogens with two attached hydrogens (primary N) is 1. The van der Waals surface area contributed by atoms with Gasteiger partial charge in [0.1, 0.15) is 5.75 Å². The molecule has 1 aliphatic heterocycles. The summed E-state index contributed by atoms with van der Waals surface area (Å²) in [6.45, 7) is 4.08. The minimum absolute atomic E-state index is 0. The van der Waals surface area contributed by atoms with Crippen LogP contribution in [-0.4, -0.2) is 31.0 Å². The van der Waals surface area contributed by atoms with E-state index in [0.717, 1.165) is 5.56 Å². The highest BCUT2D eigenvalue weighted by Gasteiger charge is 2.25. The molecule has 0 aliphatic carbocycles. The minimum Gasteiger partial charge on any atom is -0.492 e. The first-order valence-electron chi connectivity index (χ1n) is 7.64. The molecule has 0 bridgehead atoms. The Morgan fingerprint density at radius 2 is 2.12 bits per heavy atom. The maximum Gasteiger partial charge on any atom is 0.239 e. The number of fused-ring (bicyclic) bond motifs is 1. The summed E-state index contributed by atoms with van der Waals surface area (Å²) in [6.07, 6.45) is 0.651. The van der Waals surface area contributed by atoms with Crippen LogP contribution in [0.4, 0.5) is 0 Å². The number of rotatable bonds is 5. The number of ether oxygens (including phenoxy) is 1. The predicted molar refractivity (Wildman–Crippen MR) is 95.5 cm³/mol. The van der Waals surface area contributed by atoms with Gasteiger partial charge in [-0.15, -0.1) is 12.4 Å². The van der Waals surface area contributed by atoms with Gasteiger partial charge in [-0.1, -0.05) is 37.6 Å². The number of hydrogen-bond donors (Lipinski definition) is 3. The Morgan fingerprint density at radius 1 is 1.42 bits per heavy atom. The number of nitrogens with one attached hydrogen (secondary N) is 2. The van der Waals surface area contributed by atoms with Crippen LogP contribution in [0.25, 0.3) is 0 Å². The van der Waals surface area contributed by atoms with Gasteiger partial charge < -0.3 is 21.1 Å². The van der Waals surface area contributed by atoms with Crippen LogP contribution in [0.5, 0.6) is 5.75 Å². The summed E-state index contributed by atoms with van der Waals surface area (Å²) in [7, 11) is 0. The number of carbonyl (C=O) groups excluding carboxylic acids is 2. The number of benzene rings is 1. The maximum absolute atomic E-state index is 12.1. The molecule has 1 heterocycles. The summed E-state index contributed by atoms with van der Waals surface area (Å²) in [5.74, 6) is 0.0249. The molecule has 24 heavy (non-hydrogen) atoms. The van der Waals surface area contributed by atoms with Crippen molar-refractivity contribution in [2.75, 3.05) is 13.2 Å². The molecule has 0 saturated heterocycles. The van der Waals surface area contributed by atoms with Crippen molar-refractivity contribution < 1.29 is 14.3 Å². The number of amides is 2. The molecule has 134 valence electrons. The van der Waals surface area contributed by atoms with Gasteiger partial charge >= 0.3 is 0 Å². The fraction of sp³-hybridized carbons (Fsp3) is 0.500. The summed E-state index contributed by atoms with van der Waals surface area (Å²) < 4.78 is 5.55. The zero-order valence-electron chi connectivity index (χ0n) is 13.7. The van der Waals surface area contributed by atoms with Crippen molar-refractivity contribution in [3.63, 3.8) is 0 Å². The summed E-state index contributed by atoms with van der Waals surface area (Å²) in [6, 6.07) is 4.64. The second-order valence-corrected chi connectivity index (χ2v) is 6.31. The van der Waals surface area contributed by atoms with Crippen LogP contribution in [-0.2, 0) is 9.59 Å². The Bertz CT molecular complexity index is 596. The normalized spacial score (nSPS) is 17.1. The van der Waals surface area contributed by atoms with Gasteiger partial charge in [0.25, 0.3) is 0 Å². The fourth-order valence-electron chi connectivity index (χ4n) is 2.37. The summed E-state index contributed by atoms with van der Waals surface area (Å²) in [4.78, 5) is 23.8. The minimum atomic E-state index is -0.620. The molecule has 1 unspecified atom stereocenters. The molecule has 1 aromatic rings. The Balaban J connectivity index is 0.00000288. The molecule has 2 rings (SSSR count). The van der Waals surface area contributed by atoms with Gasteiger partial charge in [0.05, 0.1) is 30.3 Å². The molecule has 2 atom stereocenters. The summed E-state index contributed by atoms with van der Waals surface area (Å²) in [5.41, 5.74) is 6.58. The van der Waals surface area contributed by atoms with Crippen molar-refractivity contribution in [1.82, 2.24) is 10.6 Å². The second kappa shape index (κ2) is 9.11. The van der Waals surface area contributed by atoms with Crippen molar-refractivity contribution in [2.24, 2.45) is 11.7 Å². The lowest BCUT2D eigenvalue weighted by Gasteiger charge is -2.27. The third-order valence-corrected chi connectivity index (χ3v) is 4.10. The van der Waals surface area contributed by atoms with E-state index in [1.165, 1.54) is 0 Å². The van der Waals surface area contributed by atoms with E-state index in [1.807, 2.05) is 26.0 Å². The standard InChI is InChI=1S/C16H22ClN3O3.ClH/c1-9(2)14(18)16(22)19-8-13(21)20-12-6-7-23-15-10(12)4-3-5-11(15)17;/h3-5,9,12,14H,6-8,18H2,1-2H3,(H,19,22)(H,20,21);1H/t12?,14-;/m0./s1. The maximum atomic E-state index is 12.1. The first kappa shape index (κ1) is 20.5. The van der Waals surface area contributed by atoms with Crippen LogP contribution in [0.15, 0.2) is 18.2 Å². The predicted octanol–water partition coefficient (Wildman–Crippen LogP) is 1.80. The smallest absolute Gasteiger partial charge is 0.239 e. The molecule has 0 fully saturated rings. The number of hydrogen-bond acceptors (Lipinski definition) is 4. The van der Waals surface area contributed by atoms with Crippen LogP contribution >= 0.6 is 24.0 Å². The number of para-hydroxylation sites is 1. The highest BCUT2D eigenvalue weighted by Crippen LogP contribution is 2.37. The molecule has 1 aromatic carbocycles. The molecule has 0 spiro atoms. The Morgan fingerprint density at radius 3 is 2.79 bits per heavy atom. The van der Waals surface area contributed by atoms with E-state index in [1.54, 1.807) is 6.07 Å². The van der Waals surface area contributed by atoms with Gasteiger partial charge in [0.2, 0.25) is 11.8 Å². The zero-order valence-corrected chi connectivity index (χ0v) is 15.2. The van der Waals surface area contributed by atoms with Crippen LogP contribution < -0.4 is 21.1 Å². The largest absolute Gasteiger partial charge is 0.492 e. The average Bonchev–Trinajstić information content (AvgIpc) is 2.52. The van der Waals surface area contributed by atoms with Gasteiger partial charge in [0, 0.05) is 12.0 Å². The van der Waals surface area contributed by atoms with Crippen LogP contribution in [0.1, 0.15) is 31.9 Å². The molecule has 8 heteroatoms. The van der Waals surface area contributed by atoms with E-state index >= 15 is 0 Å². The molecule has 2 amide bonds. The summed E-state index contributed by atoms with van der Waals surface area (Å²) >= 11 is 6.10. The van der Waals surface area contributed by atoms with Crippen LogP contribution in [0, 0.1) is 5.92 Å². The van der Waals surface area contributed by atoms with E-state index in [9.17, 15) is 9.59 Å². The first-order chi connectivity index (χ1) is 10.9. The number of halogens is 2. The van der Waals surface area contributed by atoms with Gasteiger partial charge in [-0.25, -0.2) is 0 Å². The van der Waals surface area contributed by atoms with Gasteiger partial charge in [0.15, 0.2) is 0 Å². The molecule has 1 aliphatic rings. The van der Waals surface area contributed by atoms with Crippen LogP contribution in [0.3, 0.4) is 0 Å². The highest BCUT2D eigenvalue weighted by atomic mass is 35.5. The summed E-state index contributed by atoms with van der Waals surface area (Å²) in [5, 5.41) is 5.97. The Hall–Kier alpha value is -1.50. The Labute approximate surface area is 152 Å². The van der Waals surface area contributed by atoms with Crippen molar-refractivity contribution >= 4 is 35.8 Å². The first-order valence-corrected chi connectivity index (χ1v) is 8.01. The van der Waals surface area contributed by atoms with Crippen LogP contribution in [0.2, 0.25) is 5.02 Å². The van der Waals surface area contributed by atoms with Crippen molar-refractivity contribution in [3.05, 3.63) is 28.8 Å². The third-order valence-electron chi connectivity index (χ3n) is 3.81. The quantitative estimate of drug-likeness (QED) is 0.731. The van der Waals surface area contributed by atoms with E-state index in [-0.39, 0.29) is 42.7 Å². The molecular weight excluding hydrogens is 353 g/mol. The lowest BCUT2D eigenvalue weighted by Crippen LogP contribution is -2.47. The molecule has 0 aromatic heterocycles. The average molecular weight is 376 g/mol. The molecule has 0 saturated carbocycles. The highest BCUT2D eigenvalue weighted by molar-refractivity contribution is 6.32.